The molecule has 158 valence electrons. The maximum atomic E-state index is 13.0. The van der Waals surface area contributed by atoms with Crippen LogP contribution in [0, 0.1) is 11.3 Å². The van der Waals surface area contributed by atoms with Gasteiger partial charge in [-0.2, -0.15) is 0 Å². The lowest BCUT2D eigenvalue weighted by molar-refractivity contribution is -0.145. The van der Waals surface area contributed by atoms with E-state index in [1.165, 1.54) is 7.11 Å². The van der Waals surface area contributed by atoms with Crippen molar-refractivity contribution in [2.24, 2.45) is 17.1 Å². The van der Waals surface area contributed by atoms with Gasteiger partial charge in [-0.05, 0) is 24.7 Å². The van der Waals surface area contributed by atoms with Gasteiger partial charge < -0.3 is 20.3 Å². The number of fused-ring (bicyclic) bond motifs is 1. The summed E-state index contributed by atoms with van der Waals surface area (Å²) >= 11 is 0. The van der Waals surface area contributed by atoms with E-state index in [0.29, 0.717) is 25.8 Å². The van der Waals surface area contributed by atoms with Crippen molar-refractivity contribution in [3.63, 3.8) is 0 Å². The van der Waals surface area contributed by atoms with Gasteiger partial charge in [0.2, 0.25) is 11.8 Å². The number of methoxy groups -OCH3 is 1. The van der Waals surface area contributed by atoms with Gasteiger partial charge in [0.1, 0.15) is 12.1 Å². The Labute approximate surface area is 166 Å². The molecule has 4 atom stereocenters. The van der Waals surface area contributed by atoms with E-state index in [1.807, 2.05) is 20.8 Å². The van der Waals surface area contributed by atoms with E-state index < -0.39 is 18.1 Å². The quantitative estimate of drug-likeness (QED) is 0.683. The summed E-state index contributed by atoms with van der Waals surface area (Å²) in [6.07, 6.45) is 1.05. The molecule has 2 N–H and O–H groups in total. The van der Waals surface area contributed by atoms with E-state index in [4.69, 9.17) is 10.5 Å². The summed E-state index contributed by atoms with van der Waals surface area (Å²) < 4.78 is 5.42. The van der Waals surface area contributed by atoms with Crippen LogP contribution in [0.5, 0.6) is 0 Å². The average Bonchev–Trinajstić information content (AvgIpc) is 3.17. The van der Waals surface area contributed by atoms with Crippen molar-refractivity contribution in [3.8, 4) is 0 Å². The third-order valence-electron chi connectivity index (χ3n) is 5.66. The molecule has 0 aliphatic carbocycles. The number of ether oxygens (including phenoxy) is 1. The number of carbonyl (C=O) groups is 4. The maximum Gasteiger partial charge on any atom is 0.252 e. The van der Waals surface area contributed by atoms with Gasteiger partial charge >= 0.3 is 0 Å². The van der Waals surface area contributed by atoms with Crippen LogP contribution in [-0.4, -0.2) is 71.7 Å². The van der Waals surface area contributed by atoms with Gasteiger partial charge in [0.05, 0.1) is 12.6 Å². The van der Waals surface area contributed by atoms with Crippen LogP contribution in [0.3, 0.4) is 0 Å². The van der Waals surface area contributed by atoms with Crippen LogP contribution in [0.15, 0.2) is 0 Å². The largest absolute Gasteiger partial charge is 0.372 e. The Balaban J connectivity index is 2.05. The highest BCUT2D eigenvalue weighted by Crippen LogP contribution is 2.32. The molecule has 3 amide bonds. The van der Waals surface area contributed by atoms with Gasteiger partial charge in [-0.15, -0.1) is 0 Å². The van der Waals surface area contributed by atoms with Crippen LogP contribution >= 0.6 is 0 Å². The maximum absolute atomic E-state index is 13.0. The molecule has 8 heteroatoms. The Morgan fingerprint density at radius 2 is 1.89 bits per heavy atom. The standard InChI is InChI=1S/C20H33N3O5/c1-12(18(21)26)6-7-16(25)22-9-8-13-17(22)14(24)11-23(13)19(27)15(28-5)10-20(2,3)4/h12-13,15,17H,6-11H2,1-5H3,(H2,21,26). The van der Waals surface area contributed by atoms with Crippen molar-refractivity contribution < 1.29 is 23.9 Å². The van der Waals surface area contributed by atoms with Crippen LogP contribution in [0.25, 0.3) is 0 Å². The van der Waals surface area contributed by atoms with Crippen LogP contribution in [-0.2, 0) is 23.9 Å². The van der Waals surface area contributed by atoms with Gasteiger partial charge in [0, 0.05) is 26.0 Å². The molecule has 2 heterocycles. The van der Waals surface area contributed by atoms with Gasteiger partial charge in [0.15, 0.2) is 5.78 Å². The van der Waals surface area contributed by atoms with E-state index in [-0.39, 0.29) is 47.9 Å². The number of nitrogens with two attached hydrogens (primary N) is 1. The third kappa shape index (κ3) is 4.90. The van der Waals surface area contributed by atoms with Crippen LogP contribution < -0.4 is 5.73 Å². The van der Waals surface area contributed by atoms with Gasteiger partial charge in [0.25, 0.3) is 5.91 Å². The molecule has 0 saturated carbocycles. The van der Waals surface area contributed by atoms with Crippen molar-refractivity contribution >= 4 is 23.5 Å². The molecule has 0 bridgehead atoms. The fraction of sp³-hybridized carbons (Fsp3) is 0.800. The van der Waals surface area contributed by atoms with Crippen molar-refractivity contribution in [1.82, 2.24) is 9.80 Å². The number of hydrogen-bond acceptors (Lipinski definition) is 5. The second kappa shape index (κ2) is 8.59. The van der Waals surface area contributed by atoms with E-state index >= 15 is 0 Å². The number of nitrogens with zero attached hydrogens (tertiary/aromatic N) is 2. The molecule has 2 fully saturated rings. The number of Topliss-reactive ketones (excluding diaryl/α,β-unsaturated/α-hetero) is 1. The lowest BCUT2D eigenvalue weighted by Gasteiger charge is -2.30. The number of carbonyl (C=O) groups excluding carboxylic acids is 4. The topological polar surface area (TPSA) is 110 Å². The Kier molecular flexibility index (Phi) is 6.85. The SMILES string of the molecule is COC(CC(C)(C)C)C(=O)N1CC(=O)C2C1CCN2C(=O)CCC(C)C(N)=O. The molecular weight excluding hydrogens is 362 g/mol. The second-order valence-corrected chi connectivity index (χ2v) is 9.15. The molecule has 4 unspecified atom stereocenters. The highest BCUT2D eigenvalue weighted by atomic mass is 16.5. The van der Waals surface area contributed by atoms with Gasteiger partial charge in [-0.3, -0.25) is 19.2 Å². The van der Waals surface area contributed by atoms with Gasteiger partial charge in [-0.25, -0.2) is 0 Å². The smallest absolute Gasteiger partial charge is 0.252 e. The first-order valence-corrected chi connectivity index (χ1v) is 9.91. The minimum Gasteiger partial charge on any atom is -0.372 e. The average molecular weight is 396 g/mol. The first-order valence-electron chi connectivity index (χ1n) is 9.91. The summed E-state index contributed by atoms with van der Waals surface area (Å²) in [5.41, 5.74) is 5.16. The molecule has 0 spiro atoms. The van der Waals surface area contributed by atoms with Crippen LogP contribution in [0.4, 0.5) is 0 Å². The molecule has 2 aliphatic rings. The Bertz CT molecular complexity index is 642. The van der Waals surface area contributed by atoms with Crippen molar-refractivity contribution in [1.29, 1.82) is 0 Å². The number of primary amides is 1. The minimum atomic E-state index is -0.604. The first-order chi connectivity index (χ1) is 13.0. The summed E-state index contributed by atoms with van der Waals surface area (Å²) in [4.78, 5) is 52.6. The fourth-order valence-corrected chi connectivity index (χ4v) is 4.03. The van der Waals surface area contributed by atoms with Gasteiger partial charge in [-0.1, -0.05) is 27.7 Å². The Morgan fingerprint density at radius 1 is 1.25 bits per heavy atom. The molecule has 28 heavy (non-hydrogen) atoms. The summed E-state index contributed by atoms with van der Waals surface area (Å²) in [6.45, 7) is 8.24. The summed E-state index contributed by atoms with van der Waals surface area (Å²) in [7, 11) is 1.51. The number of ketones is 1. The summed E-state index contributed by atoms with van der Waals surface area (Å²) in [5, 5.41) is 0. The molecule has 8 nitrogen and oxygen atoms in total. The second-order valence-electron chi connectivity index (χ2n) is 9.15. The molecule has 2 rings (SSSR count). The molecular formula is C20H33N3O5. The lowest BCUT2D eigenvalue weighted by Crippen LogP contribution is -2.46. The van der Waals surface area contributed by atoms with Crippen molar-refractivity contribution in [2.45, 2.75) is 71.6 Å². The Hall–Kier alpha value is -1.96. The molecule has 0 aromatic heterocycles. The van der Waals surface area contributed by atoms with E-state index in [1.54, 1.807) is 16.7 Å². The molecule has 2 aliphatic heterocycles. The zero-order valence-corrected chi connectivity index (χ0v) is 17.6. The Morgan fingerprint density at radius 3 is 2.43 bits per heavy atom. The predicted octanol–water partition coefficient (Wildman–Crippen LogP) is 0.720. The predicted molar refractivity (Wildman–Crippen MR) is 103 cm³/mol. The van der Waals surface area contributed by atoms with Crippen LogP contribution in [0.1, 0.15) is 53.4 Å². The third-order valence-corrected chi connectivity index (χ3v) is 5.66. The van der Waals surface area contributed by atoms with Crippen molar-refractivity contribution in [2.75, 3.05) is 20.2 Å². The monoisotopic (exact) mass is 395 g/mol. The number of likely N-dealkylation sites (tertiary alicyclic amines) is 2. The summed E-state index contributed by atoms with van der Waals surface area (Å²) in [5.74, 6) is -1.29. The molecule has 0 aromatic carbocycles. The fourth-order valence-electron chi connectivity index (χ4n) is 4.03. The lowest BCUT2D eigenvalue weighted by atomic mass is 9.88. The number of hydrogen-bond donors (Lipinski definition) is 1. The first kappa shape index (κ1) is 22.3. The van der Waals surface area contributed by atoms with Crippen molar-refractivity contribution in [3.05, 3.63) is 0 Å². The van der Waals surface area contributed by atoms with E-state index in [9.17, 15) is 19.2 Å². The zero-order chi connectivity index (χ0) is 21.2. The number of amides is 3. The van der Waals surface area contributed by atoms with E-state index in [2.05, 4.69) is 0 Å². The summed E-state index contributed by atoms with van der Waals surface area (Å²) in [6, 6.07) is -0.886. The molecule has 2 saturated heterocycles. The highest BCUT2D eigenvalue weighted by molar-refractivity contribution is 5.98. The zero-order valence-electron chi connectivity index (χ0n) is 17.6. The van der Waals surface area contributed by atoms with E-state index in [0.717, 1.165) is 0 Å². The molecule has 0 radical (unpaired) electrons. The normalized spacial score (nSPS) is 24.2. The van der Waals surface area contributed by atoms with Crippen LogP contribution in [0.2, 0.25) is 0 Å². The molecule has 0 aromatic rings. The minimum absolute atomic E-state index is 0.0135. The number of rotatable bonds is 7. The highest BCUT2D eigenvalue weighted by Gasteiger charge is 2.52.